The molecule has 29 heavy (non-hydrogen) atoms. The van der Waals surface area contributed by atoms with Gasteiger partial charge in [-0.2, -0.15) is 4.99 Å². The highest BCUT2D eigenvalue weighted by Crippen LogP contribution is 2.26. The molecule has 1 amide bonds. The number of carbonyl (C=O) groups is 1. The molecule has 0 spiro atoms. The summed E-state index contributed by atoms with van der Waals surface area (Å²) < 4.78 is 33.0. The maximum atomic E-state index is 12.3. The summed E-state index contributed by atoms with van der Waals surface area (Å²) >= 11 is 1.41. The van der Waals surface area contributed by atoms with Crippen LogP contribution in [0.4, 0.5) is 0 Å². The summed E-state index contributed by atoms with van der Waals surface area (Å²) in [5, 5.41) is 0. The number of carbonyl (C=O) groups excluding carboxylic acids is 1. The summed E-state index contributed by atoms with van der Waals surface area (Å²) in [6, 6.07) is 14.8. The molecule has 0 bridgehead atoms. The van der Waals surface area contributed by atoms with Gasteiger partial charge in [-0.3, -0.25) is 4.79 Å². The molecule has 0 saturated carbocycles. The van der Waals surface area contributed by atoms with Crippen molar-refractivity contribution in [3.63, 3.8) is 0 Å². The van der Waals surface area contributed by atoms with Crippen LogP contribution in [0.3, 0.4) is 0 Å². The molecule has 0 saturated heterocycles. The third-order valence-corrected chi connectivity index (χ3v) is 7.16. The summed E-state index contributed by atoms with van der Waals surface area (Å²) in [5.74, 6) is 0.394. The minimum absolute atomic E-state index is 0.00927. The smallest absolute Gasteiger partial charge is 0.248 e. The summed E-state index contributed by atoms with van der Waals surface area (Å²) in [5.41, 5.74) is 1.65. The van der Waals surface area contributed by atoms with Gasteiger partial charge >= 0.3 is 0 Å². The fourth-order valence-corrected chi connectivity index (χ4v) is 5.54. The van der Waals surface area contributed by atoms with Crippen LogP contribution in [-0.2, 0) is 27.4 Å². The zero-order chi connectivity index (χ0) is 20.9. The van der Waals surface area contributed by atoms with E-state index in [0.717, 1.165) is 21.5 Å². The van der Waals surface area contributed by atoms with E-state index in [1.807, 2.05) is 54.9 Å². The van der Waals surface area contributed by atoms with Crippen molar-refractivity contribution in [2.75, 3.05) is 12.4 Å². The van der Waals surface area contributed by atoms with Gasteiger partial charge in [0.25, 0.3) is 0 Å². The molecule has 0 radical (unpaired) electrons. The van der Waals surface area contributed by atoms with Gasteiger partial charge in [-0.15, -0.1) is 0 Å². The molecule has 0 aliphatic rings. The number of ether oxygens (including phenoxy) is 1. The van der Waals surface area contributed by atoms with Crippen LogP contribution in [0.1, 0.15) is 25.3 Å². The van der Waals surface area contributed by atoms with Gasteiger partial charge < -0.3 is 9.30 Å². The summed E-state index contributed by atoms with van der Waals surface area (Å²) in [6.07, 6.45) is 0.358. The van der Waals surface area contributed by atoms with Crippen molar-refractivity contribution < 1.29 is 17.9 Å². The van der Waals surface area contributed by atoms with Gasteiger partial charge in [-0.1, -0.05) is 47.7 Å². The molecule has 0 N–H and O–H groups in total. The third-order valence-electron chi connectivity index (χ3n) is 4.38. The van der Waals surface area contributed by atoms with E-state index in [1.54, 1.807) is 12.1 Å². The fourth-order valence-electron chi connectivity index (χ4n) is 3.05. The second kappa shape index (κ2) is 9.37. The SMILES string of the molecule is CCOc1cccc2sc(=NC(=O)CCCS(=O)(=O)Cc3ccccc3)n(C)c12. The lowest BCUT2D eigenvalue weighted by Gasteiger charge is -2.05. The normalized spacial score (nSPS) is 12.4. The van der Waals surface area contributed by atoms with Gasteiger partial charge in [-0.05, 0) is 31.0 Å². The van der Waals surface area contributed by atoms with Crippen molar-refractivity contribution in [3.8, 4) is 5.75 Å². The van der Waals surface area contributed by atoms with Gasteiger partial charge in [-0.25, -0.2) is 8.42 Å². The average Bonchev–Trinajstić information content (AvgIpc) is 2.99. The van der Waals surface area contributed by atoms with E-state index in [4.69, 9.17) is 4.74 Å². The van der Waals surface area contributed by atoms with Crippen molar-refractivity contribution >= 4 is 37.3 Å². The summed E-state index contributed by atoms with van der Waals surface area (Å²) in [4.78, 5) is 17.1. The molecule has 0 unspecified atom stereocenters. The highest BCUT2D eigenvalue weighted by atomic mass is 32.2. The number of rotatable bonds is 8. The van der Waals surface area contributed by atoms with Crippen molar-refractivity contribution in [1.29, 1.82) is 0 Å². The predicted molar refractivity (Wildman–Crippen MR) is 116 cm³/mol. The van der Waals surface area contributed by atoms with E-state index in [1.165, 1.54) is 11.3 Å². The van der Waals surface area contributed by atoms with E-state index in [-0.39, 0.29) is 30.3 Å². The van der Waals surface area contributed by atoms with Crippen molar-refractivity contribution in [2.24, 2.45) is 12.0 Å². The highest BCUT2D eigenvalue weighted by molar-refractivity contribution is 7.90. The van der Waals surface area contributed by atoms with Crippen molar-refractivity contribution in [1.82, 2.24) is 4.57 Å². The van der Waals surface area contributed by atoms with Crippen LogP contribution in [0.5, 0.6) is 5.75 Å². The Labute approximate surface area is 174 Å². The molecule has 1 aromatic heterocycles. The lowest BCUT2D eigenvalue weighted by atomic mass is 10.2. The quantitative estimate of drug-likeness (QED) is 0.546. The van der Waals surface area contributed by atoms with E-state index in [2.05, 4.69) is 4.99 Å². The second-order valence-corrected chi connectivity index (χ2v) is 9.86. The molecule has 154 valence electrons. The Balaban J connectivity index is 1.66. The van der Waals surface area contributed by atoms with Crippen LogP contribution >= 0.6 is 11.3 Å². The Morgan fingerprint density at radius 2 is 1.90 bits per heavy atom. The topological polar surface area (TPSA) is 77.7 Å². The first-order valence-electron chi connectivity index (χ1n) is 9.43. The third kappa shape index (κ3) is 5.55. The molecule has 6 nitrogen and oxygen atoms in total. The Morgan fingerprint density at radius 3 is 2.62 bits per heavy atom. The number of aromatic nitrogens is 1. The largest absolute Gasteiger partial charge is 0.492 e. The number of nitrogens with zero attached hydrogens (tertiary/aromatic N) is 2. The molecule has 3 rings (SSSR count). The second-order valence-electron chi connectivity index (χ2n) is 6.67. The number of amides is 1. The zero-order valence-corrected chi connectivity index (χ0v) is 18.1. The molecule has 2 aromatic carbocycles. The number of fused-ring (bicyclic) bond motifs is 1. The first-order valence-corrected chi connectivity index (χ1v) is 12.1. The molecular weight excluding hydrogens is 408 g/mol. The Bertz CT molecular complexity index is 1160. The minimum Gasteiger partial charge on any atom is -0.492 e. The van der Waals surface area contributed by atoms with E-state index in [9.17, 15) is 13.2 Å². The number of para-hydroxylation sites is 1. The van der Waals surface area contributed by atoms with Crippen molar-refractivity contribution in [2.45, 2.75) is 25.5 Å². The first kappa shape index (κ1) is 21.3. The number of hydrogen-bond donors (Lipinski definition) is 0. The van der Waals surface area contributed by atoms with E-state index < -0.39 is 9.84 Å². The van der Waals surface area contributed by atoms with Gasteiger partial charge in [0, 0.05) is 13.5 Å². The van der Waals surface area contributed by atoms with Gasteiger partial charge in [0.15, 0.2) is 14.6 Å². The molecule has 0 aliphatic carbocycles. The van der Waals surface area contributed by atoms with Gasteiger partial charge in [0.05, 0.1) is 22.8 Å². The van der Waals surface area contributed by atoms with Gasteiger partial charge in [0.1, 0.15) is 11.3 Å². The standard InChI is InChI=1S/C21H24N2O4S2/c1-3-27-17-11-7-12-18-20(17)23(2)21(28-18)22-19(24)13-8-14-29(25,26)15-16-9-5-4-6-10-16/h4-7,9-12H,3,8,13-15H2,1-2H3. The maximum Gasteiger partial charge on any atom is 0.248 e. The molecular formula is C21H24N2O4S2. The lowest BCUT2D eigenvalue weighted by Crippen LogP contribution is -2.15. The zero-order valence-electron chi connectivity index (χ0n) is 16.5. The minimum atomic E-state index is -3.26. The monoisotopic (exact) mass is 432 g/mol. The molecule has 0 aliphatic heterocycles. The van der Waals surface area contributed by atoms with Crippen LogP contribution in [0.2, 0.25) is 0 Å². The Morgan fingerprint density at radius 1 is 1.14 bits per heavy atom. The number of sulfone groups is 1. The fraction of sp³-hybridized carbons (Fsp3) is 0.333. The van der Waals surface area contributed by atoms with Crippen LogP contribution in [0.25, 0.3) is 10.2 Å². The average molecular weight is 433 g/mol. The molecule has 8 heteroatoms. The molecule has 0 atom stereocenters. The molecule has 0 fully saturated rings. The Kier molecular flexibility index (Phi) is 6.87. The molecule has 3 aromatic rings. The first-order chi connectivity index (χ1) is 13.9. The summed E-state index contributed by atoms with van der Waals surface area (Å²) in [6.45, 7) is 2.48. The van der Waals surface area contributed by atoms with Crippen LogP contribution in [0.15, 0.2) is 53.5 Å². The Hall–Kier alpha value is -2.45. The number of aryl methyl sites for hydroxylation is 1. The van der Waals surface area contributed by atoms with Crippen LogP contribution < -0.4 is 9.54 Å². The number of thiazole rings is 1. The van der Waals surface area contributed by atoms with E-state index >= 15 is 0 Å². The van der Waals surface area contributed by atoms with Crippen molar-refractivity contribution in [3.05, 3.63) is 58.9 Å². The maximum absolute atomic E-state index is 12.3. The van der Waals surface area contributed by atoms with Crippen LogP contribution in [0, 0.1) is 0 Å². The highest BCUT2D eigenvalue weighted by Gasteiger charge is 2.14. The number of benzene rings is 2. The summed E-state index contributed by atoms with van der Waals surface area (Å²) in [7, 11) is -1.41. The van der Waals surface area contributed by atoms with Crippen LogP contribution in [-0.4, -0.2) is 31.3 Å². The lowest BCUT2D eigenvalue weighted by molar-refractivity contribution is -0.118. The van der Waals surface area contributed by atoms with Gasteiger partial charge in [0.2, 0.25) is 5.91 Å². The van der Waals surface area contributed by atoms with E-state index in [0.29, 0.717) is 11.4 Å². The molecule has 1 heterocycles. The predicted octanol–water partition coefficient (Wildman–Crippen LogP) is 3.46. The number of hydrogen-bond acceptors (Lipinski definition) is 5.